The summed E-state index contributed by atoms with van der Waals surface area (Å²) in [6.45, 7) is 5.34. The van der Waals surface area contributed by atoms with E-state index in [1.807, 2.05) is 0 Å². The molecule has 128 valence electrons. The standard InChI is InChI=1S/C15H24N4O4/c20-14-2-1-12(17-18-14)15(21)16-9-13(11-3-6-23-10-11)19-4-7-22-8-5-19/h11,13H,1-10H2,(H,16,21)(H,18,20)/t11-,13-/m0/s1. The van der Waals surface area contributed by atoms with Crippen molar-refractivity contribution >= 4 is 17.5 Å². The number of amides is 2. The number of rotatable bonds is 5. The van der Waals surface area contributed by atoms with E-state index in [0.29, 0.717) is 31.0 Å². The smallest absolute Gasteiger partial charge is 0.267 e. The lowest BCUT2D eigenvalue weighted by molar-refractivity contribution is -0.121. The molecule has 8 heteroatoms. The van der Waals surface area contributed by atoms with Crippen LogP contribution in [0.2, 0.25) is 0 Å². The monoisotopic (exact) mass is 324 g/mol. The number of nitrogens with zero attached hydrogens (tertiary/aromatic N) is 2. The average molecular weight is 324 g/mol. The predicted octanol–water partition coefficient (Wildman–Crippen LogP) is -0.894. The van der Waals surface area contributed by atoms with Crippen LogP contribution in [-0.4, -0.2) is 74.5 Å². The molecule has 0 aromatic rings. The summed E-state index contributed by atoms with van der Waals surface area (Å²) in [6.07, 6.45) is 1.73. The molecule has 2 atom stereocenters. The molecule has 3 heterocycles. The topological polar surface area (TPSA) is 92.3 Å². The second-order valence-corrected chi connectivity index (χ2v) is 6.14. The lowest BCUT2D eigenvalue weighted by atomic mass is 9.96. The fourth-order valence-electron chi connectivity index (χ4n) is 3.30. The number of morpholine rings is 1. The Morgan fingerprint density at radius 2 is 2.13 bits per heavy atom. The molecular formula is C15H24N4O4. The summed E-state index contributed by atoms with van der Waals surface area (Å²) in [7, 11) is 0. The first-order valence-corrected chi connectivity index (χ1v) is 8.27. The molecule has 0 saturated carbocycles. The van der Waals surface area contributed by atoms with E-state index in [0.717, 1.165) is 45.9 Å². The maximum absolute atomic E-state index is 12.2. The van der Waals surface area contributed by atoms with Gasteiger partial charge in [0, 0.05) is 51.0 Å². The Labute approximate surface area is 135 Å². The minimum absolute atomic E-state index is 0.143. The van der Waals surface area contributed by atoms with E-state index >= 15 is 0 Å². The first kappa shape index (κ1) is 16.4. The summed E-state index contributed by atoms with van der Waals surface area (Å²) in [5.41, 5.74) is 2.76. The zero-order valence-corrected chi connectivity index (χ0v) is 13.3. The molecule has 0 unspecified atom stereocenters. The van der Waals surface area contributed by atoms with E-state index in [1.165, 1.54) is 0 Å². The van der Waals surface area contributed by atoms with Gasteiger partial charge in [0.1, 0.15) is 5.71 Å². The quantitative estimate of drug-likeness (QED) is 0.684. The Hall–Kier alpha value is -1.51. The molecule has 3 rings (SSSR count). The molecule has 0 aromatic heterocycles. The van der Waals surface area contributed by atoms with E-state index in [2.05, 4.69) is 20.7 Å². The van der Waals surface area contributed by atoms with Crippen molar-refractivity contribution in [3.63, 3.8) is 0 Å². The molecule has 2 fully saturated rings. The van der Waals surface area contributed by atoms with E-state index in [4.69, 9.17) is 9.47 Å². The number of carbonyl (C=O) groups excluding carboxylic acids is 2. The number of hydrogen-bond acceptors (Lipinski definition) is 6. The van der Waals surface area contributed by atoms with E-state index in [9.17, 15) is 9.59 Å². The predicted molar refractivity (Wildman–Crippen MR) is 82.9 cm³/mol. The van der Waals surface area contributed by atoms with Gasteiger partial charge in [-0.1, -0.05) is 0 Å². The maximum atomic E-state index is 12.2. The van der Waals surface area contributed by atoms with Crippen LogP contribution in [0.15, 0.2) is 5.10 Å². The highest BCUT2D eigenvalue weighted by Crippen LogP contribution is 2.21. The minimum Gasteiger partial charge on any atom is -0.381 e. The molecule has 0 aliphatic carbocycles. The van der Waals surface area contributed by atoms with Gasteiger partial charge in [-0.3, -0.25) is 14.5 Å². The third kappa shape index (κ3) is 4.27. The molecule has 2 amide bonds. The largest absolute Gasteiger partial charge is 0.381 e. The molecule has 0 radical (unpaired) electrons. The Balaban J connectivity index is 1.57. The fourth-order valence-corrected chi connectivity index (χ4v) is 3.30. The fraction of sp³-hybridized carbons (Fsp3) is 0.800. The second kappa shape index (κ2) is 7.85. The van der Waals surface area contributed by atoms with Crippen LogP contribution in [0.1, 0.15) is 19.3 Å². The Kier molecular flexibility index (Phi) is 5.58. The van der Waals surface area contributed by atoms with Crippen molar-refractivity contribution in [2.45, 2.75) is 25.3 Å². The highest BCUT2D eigenvalue weighted by molar-refractivity contribution is 6.39. The minimum atomic E-state index is -0.192. The van der Waals surface area contributed by atoms with Gasteiger partial charge in [0.25, 0.3) is 5.91 Å². The molecule has 3 aliphatic heterocycles. The van der Waals surface area contributed by atoms with Gasteiger partial charge in [0.15, 0.2) is 0 Å². The van der Waals surface area contributed by atoms with Gasteiger partial charge in [-0.05, 0) is 6.42 Å². The van der Waals surface area contributed by atoms with Crippen LogP contribution in [0.5, 0.6) is 0 Å². The SMILES string of the molecule is O=C1CCC(C(=O)NC[C@@H]([C@H]2CCOC2)N2CCOCC2)=NN1. The molecule has 0 spiro atoms. The van der Waals surface area contributed by atoms with Crippen molar-refractivity contribution in [1.82, 2.24) is 15.6 Å². The molecule has 0 aromatic carbocycles. The van der Waals surface area contributed by atoms with Gasteiger partial charge in [-0.25, -0.2) is 5.43 Å². The van der Waals surface area contributed by atoms with Crippen molar-refractivity contribution in [3.8, 4) is 0 Å². The average Bonchev–Trinajstić information content (AvgIpc) is 3.11. The highest BCUT2D eigenvalue weighted by atomic mass is 16.5. The van der Waals surface area contributed by atoms with Crippen LogP contribution in [0, 0.1) is 5.92 Å². The summed E-state index contributed by atoms with van der Waals surface area (Å²) in [5.74, 6) is 0.0967. The summed E-state index contributed by atoms with van der Waals surface area (Å²) >= 11 is 0. The van der Waals surface area contributed by atoms with Crippen molar-refractivity contribution in [1.29, 1.82) is 0 Å². The molecule has 23 heavy (non-hydrogen) atoms. The lowest BCUT2D eigenvalue weighted by Gasteiger charge is -2.37. The Bertz CT molecular complexity index is 470. The van der Waals surface area contributed by atoms with Crippen molar-refractivity contribution < 1.29 is 19.1 Å². The van der Waals surface area contributed by atoms with Crippen molar-refractivity contribution in [2.75, 3.05) is 46.1 Å². The third-order valence-corrected chi connectivity index (χ3v) is 4.66. The number of hydrogen-bond donors (Lipinski definition) is 2. The molecule has 3 aliphatic rings. The van der Waals surface area contributed by atoms with Gasteiger partial charge < -0.3 is 14.8 Å². The summed E-state index contributed by atoms with van der Waals surface area (Å²) < 4.78 is 10.9. The second-order valence-electron chi connectivity index (χ2n) is 6.14. The summed E-state index contributed by atoms with van der Waals surface area (Å²) in [4.78, 5) is 25.7. The van der Waals surface area contributed by atoms with Crippen molar-refractivity contribution in [3.05, 3.63) is 0 Å². The molecule has 2 saturated heterocycles. The van der Waals surface area contributed by atoms with Gasteiger partial charge in [-0.15, -0.1) is 0 Å². The Morgan fingerprint density at radius 3 is 2.78 bits per heavy atom. The van der Waals surface area contributed by atoms with Crippen LogP contribution in [0.3, 0.4) is 0 Å². The van der Waals surface area contributed by atoms with E-state index in [1.54, 1.807) is 0 Å². The third-order valence-electron chi connectivity index (χ3n) is 4.66. The number of hydrazone groups is 1. The first-order chi connectivity index (χ1) is 11.2. The molecule has 2 N–H and O–H groups in total. The van der Waals surface area contributed by atoms with Gasteiger partial charge >= 0.3 is 0 Å². The summed E-state index contributed by atoms with van der Waals surface area (Å²) in [5, 5.41) is 6.83. The molecular weight excluding hydrogens is 300 g/mol. The normalized spacial score (nSPS) is 27.2. The number of carbonyl (C=O) groups is 2. The number of ether oxygens (including phenoxy) is 2. The maximum Gasteiger partial charge on any atom is 0.267 e. The first-order valence-electron chi connectivity index (χ1n) is 8.27. The van der Waals surface area contributed by atoms with E-state index < -0.39 is 0 Å². The van der Waals surface area contributed by atoms with Crippen LogP contribution < -0.4 is 10.7 Å². The summed E-state index contributed by atoms with van der Waals surface area (Å²) in [6, 6.07) is 0.254. The Morgan fingerprint density at radius 1 is 1.30 bits per heavy atom. The molecule has 0 bridgehead atoms. The van der Waals surface area contributed by atoms with Crippen molar-refractivity contribution in [2.24, 2.45) is 11.0 Å². The highest BCUT2D eigenvalue weighted by Gasteiger charge is 2.32. The van der Waals surface area contributed by atoms with Gasteiger partial charge in [-0.2, -0.15) is 5.10 Å². The zero-order valence-electron chi connectivity index (χ0n) is 13.3. The van der Waals surface area contributed by atoms with Crippen LogP contribution in [0.4, 0.5) is 0 Å². The van der Waals surface area contributed by atoms with Crippen LogP contribution in [0.25, 0.3) is 0 Å². The van der Waals surface area contributed by atoms with Gasteiger partial charge in [0.05, 0.1) is 19.8 Å². The van der Waals surface area contributed by atoms with Gasteiger partial charge in [0.2, 0.25) is 5.91 Å². The number of nitrogens with one attached hydrogen (secondary N) is 2. The van der Waals surface area contributed by atoms with E-state index in [-0.39, 0.29) is 17.9 Å². The lowest BCUT2D eigenvalue weighted by Crippen LogP contribution is -2.53. The zero-order chi connectivity index (χ0) is 16.1. The van der Waals surface area contributed by atoms with Crippen LogP contribution in [-0.2, 0) is 19.1 Å². The van der Waals surface area contributed by atoms with Crippen LogP contribution >= 0.6 is 0 Å². The molecule has 8 nitrogen and oxygen atoms in total.